The van der Waals surface area contributed by atoms with E-state index in [1.54, 1.807) is 14.2 Å². The number of benzene rings is 2. The monoisotopic (exact) mass is 408 g/mol. The molecule has 4 nitrogen and oxygen atoms in total. The van der Waals surface area contributed by atoms with E-state index in [0.717, 1.165) is 34.5 Å². The fourth-order valence-corrected chi connectivity index (χ4v) is 2.87. The van der Waals surface area contributed by atoms with Gasteiger partial charge < -0.3 is 20.1 Å². The van der Waals surface area contributed by atoms with Crippen molar-refractivity contribution in [1.82, 2.24) is 10.6 Å². The van der Waals surface area contributed by atoms with Crippen LogP contribution in [0.1, 0.15) is 11.1 Å². The maximum Gasteiger partial charge on any atom is 0.166 e. The molecule has 24 heavy (non-hydrogen) atoms. The first-order valence-electron chi connectivity index (χ1n) is 7.59. The molecule has 0 radical (unpaired) electrons. The van der Waals surface area contributed by atoms with Crippen LogP contribution in [-0.2, 0) is 13.0 Å². The molecule has 0 heterocycles. The number of ether oxygens (including phenoxy) is 2. The smallest absolute Gasteiger partial charge is 0.166 e. The Morgan fingerprint density at radius 3 is 2.50 bits per heavy atom. The van der Waals surface area contributed by atoms with Crippen LogP contribution in [0.3, 0.4) is 0 Å². The molecule has 0 saturated heterocycles. The van der Waals surface area contributed by atoms with Crippen LogP contribution in [0, 0.1) is 0 Å². The zero-order valence-corrected chi connectivity index (χ0v) is 16.2. The van der Waals surface area contributed by atoms with Crippen molar-refractivity contribution in [3.05, 3.63) is 58.1 Å². The minimum Gasteiger partial charge on any atom is -0.493 e. The summed E-state index contributed by atoms with van der Waals surface area (Å²) in [7, 11) is 3.27. The van der Waals surface area contributed by atoms with E-state index in [-0.39, 0.29) is 0 Å². The van der Waals surface area contributed by atoms with E-state index < -0.39 is 0 Å². The van der Waals surface area contributed by atoms with Gasteiger partial charge >= 0.3 is 0 Å². The van der Waals surface area contributed by atoms with Crippen LogP contribution in [0.25, 0.3) is 0 Å². The summed E-state index contributed by atoms with van der Waals surface area (Å²) < 4.78 is 11.6. The molecule has 0 fully saturated rings. The molecular weight excluding hydrogens is 388 g/mol. The average Bonchev–Trinajstić information content (AvgIpc) is 2.60. The van der Waals surface area contributed by atoms with E-state index in [2.05, 4.69) is 38.7 Å². The summed E-state index contributed by atoms with van der Waals surface area (Å²) in [5.41, 5.74) is 2.34. The molecule has 0 amide bonds. The fourth-order valence-electron chi connectivity index (χ4n) is 2.25. The Morgan fingerprint density at radius 2 is 1.79 bits per heavy atom. The molecule has 0 unspecified atom stereocenters. The Labute approximate surface area is 156 Å². The second kappa shape index (κ2) is 9.49. The summed E-state index contributed by atoms with van der Waals surface area (Å²) in [5.74, 6) is 1.48. The van der Waals surface area contributed by atoms with Crippen LogP contribution in [0.5, 0.6) is 11.5 Å². The number of nitrogens with one attached hydrogen (secondary N) is 2. The second-order valence-electron chi connectivity index (χ2n) is 5.18. The molecular formula is C18H21BrN2O2S. The Morgan fingerprint density at radius 1 is 1.00 bits per heavy atom. The number of thiocarbonyl (C=S) groups is 1. The minimum absolute atomic E-state index is 0.649. The van der Waals surface area contributed by atoms with Gasteiger partial charge in [0.2, 0.25) is 0 Å². The zero-order chi connectivity index (χ0) is 17.4. The van der Waals surface area contributed by atoms with Crippen molar-refractivity contribution in [3.63, 3.8) is 0 Å². The van der Waals surface area contributed by atoms with Gasteiger partial charge in [-0.3, -0.25) is 0 Å². The molecule has 0 atom stereocenters. The highest BCUT2D eigenvalue weighted by atomic mass is 79.9. The molecule has 0 bridgehead atoms. The van der Waals surface area contributed by atoms with E-state index in [1.807, 2.05) is 30.3 Å². The Bertz CT molecular complexity index is 694. The number of hydrogen-bond acceptors (Lipinski definition) is 3. The van der Waals surface area contributed by atoms with Crippen LogP contribution in [-0.4, -0.2) is 25.9 Å². The van der Waals surface area contributed by atoms with E-state index in [0.29, 0.717) is 11.7 Å². The number of methoxy groups -OCH3 is 2. The maximum atomic E-state index is 5.31. The molecule has 0 aromatic heterocycles. The molecule has 2 N–H and O–H groups in total. The lowest BCUT2D eigenvalue weighted by atomic mass is 10.1. The van der Waals surface area contributed by atoms with Gasteiger partial charge in [0.15, 0.2) is 16.6 Å². The normalized spacial score (nSPS) is 10.1. The first-order valence-corrected chi connectivity index (χ1v) is 8.79. The highest BCUT2D eigenvalue weighted by molar-refractivity contribution is 9.10. The fraction of sp³-hybridized carbons (Fsp3) is 0.278. The van der Waals surface area contributed by atoms with Crippen LogP contribution >= 0.6 is 28.1 Å². The molecule has 6 heteroatoms. The average molecular weight is 409 g/mol. The maximum absolute atomic E-state index is 5.31. The lowest BCUT2D eigenvalue weighted by Crippen LogP contribution is -2.35. The van der Waals surface area contributed by atoms with Crippen LogP contribution < -0.4 is 20.1 Å². The van der Waals surface area contributed by atoms with Gasteiger partial charge in [0, 0.05) is 17.6 Å². The van der Waals surface area contributed by atoms with Crippen molar-refractivity contribution in [3.8, 4) is 11.5 Å². The summed E-state index contributed by atoms with van der Waals surface area (Å²) in [6.07, 6.45) is 0.846. The summed E-state index contributed by atoms with van der Waals surface area (Å²) in [5, 5.41) is 7.08. The highest BCUT2D eigenvalue weighted by Crippen LogP contribution is 2.27. The Balaban J connectivity index is 1.76. The first kappa shape index (κ1) is 18.5. The van der Waals surface area contributed by atoms with Crippen LogP contribution in [0.4, 0.5) is 0 Å². The van der Waals surface area contributed by atoms with Crippen LogP contribution in [0.2, 0.25) is 0 Å². The minimum atomic E-state index is 0.649. The predicted molar refractivity (Wildman–Crippen MR) is 105 cm³/mol. The van der Waals surface area contributed by atoms with Gasteiger partial charge in [-0.25, -0.2) is 0 Å². The Kier molecular flexibility index (Phi) is 7.34. The van der Waals surface area contributed by atoms with Crippen molar-refractivity contribution < 1.29 is 9.47 Å². The number of hydrogen-bond donors (Lipinski definition) is 2. The third-order valence-corrected chi connectivity index (χ3v) is 4.27. The standard InChI is InChI=1S/C18H21BrN2O2S/c1-22-16-7-6-13(11-17(16)23-2)8-9-20-18(24)21-12-14-4-3-5-15(19)10-14/h3-7,10-11H,8-9,12H2,1-2H3,(H2,20,21,24). The van der Waals surface area contributed by atoms with Gasteiger partial charge in [-0.05, 0) is 54.0 Å². The third-order valence-electron chi connectivity index (χ3n) is 3.49. The summed E-state index contributed by atoms with van der Waals surface area (Å²) in [6.45, 7) is 1.45. The Hall–Kier alpha value is -1.79. The SMILES string of the molecule is COc1ccc(CCNC(=S)NCc2cccc(Br)c2)cc1OC. The third kappa shape index (κ3) is 5.69. The number of rotatable bonds is 7. The summed E-state index contributed by atoms with van der Waals surface area (Å²) >= 11 is 8.77. The molecule has 2 aromatic carbocycles. The molecule has 0 spiro atoms. The van der Waals surface area contributed by atoms with Crippen molar-refractivity contribution >= 4 is 33.3 Å². The lowest BCUT2D eigenvalue weighted by molar-refractivity contribution is 0.354. The van der Waals surface area contributed by atoms with Gasteiger partial charge in [0.25, 0.3) is 0 Å². The number of halogens is 1. The van der Waals surface area contributed by atoms with Gasteiger partial charge in [-0.2, -0.15) is 0 Å². The van der Waals surface area contributed by atoms with Gasteiger partial charge in [-0.1, -0.05) is 34.1 Å². The summed E-state index contributed by atoms with van der Waals surface area (Å²) in [6, 6.07) is 14.1. The topological polar surface area (TPSA) is 42.5 Å². The molecule has 128 valence electrons. The highest BCUT2D eigenvalue weighted by Gasteiger charge is 2.04. The lowest BCUT2D eigenvalue weighted by Gasteiger charge is -2.12. The molecule has 0 aliphatic rings. The zero-order valence-electron chi connectivity index (χ0n) is 13.8. The van der Waals surface area contributed by atoms with E-state index in [1.165, 1.54) is 5.56 Å². The van der Waals surface area contributed by atoms with Crippen LogP contribution in [0.15, 0.2) is 46.9 Å². The van der Waals surface area contributed by atoms with Crippen molar-refractivity contribution in [1.29, 1.82) is 0 Å². The van der Waals surface area contributed by atoms with E-state index in [9.17, 15) is 0 Å². The largest absolute Gasteiger partial charge is 0.493 e. The quantitative estimate of drug-likeness (QED) is 0.684. The van der Waals surface area contributed by atoms with Gasteiger partial charge in [0.05, 0.1) is 14.2 Å². The van der Waals surface area contributed by atoms with Crippen molar-refractivity contribution in [2.75, 3.05) is 20.8 Å². The van der Waals surface area contributed by atoms with E-state index in [4.69, 9.17) is 21.7 Å². The predicted octanol–water partition coefficient (Wildman–Crippen LogP) is 3.67. The molecule has 2 aromatic rings. The first-order chi connectivity index (χ1) is 11.6. The van der Waals surface area contributed by atoms with Crippen molar-refractivity contribution in [2.24, 2.45) is 0 Å². The molecule has 0 saturated carbocycles. The molecule has 0 aliphatic heterocycles. The van der Waals surface area contributed by atoms with Gasteiger partial charge in [0.1, 0.15) is 0 Å². The van der Waals surface area contributed by atoms with E-state index >= 15 is 0 Å². The molecule has 2 rings (SSSR count). The summed E-state index contributed by atoms with van der Waals surface area (Å²) in [4.78, 5) is 0. The second-order valence-corrected chi connectivity index (χ2v) is 6.50. The van der Waals surface area contributed by atoms with Gasteiger partial charge in [-0.15, -0.1) is 0 Å². The molecule has 0 aliphatic carbocycles. The van der Waals surface area contributed by atoms with Crippen molar-refractivity contribution in [2.45, 2.75) is 13.0 Å².